The van der Waals surface area contributed by atoms with E-state index in [1.54, 1.807) is 17.9 Å². The van der Waals surface area contributed by atoms with Crippen molar-refractivity contribution >= 4 is 52.5 Å². The van der Waals surface area contributed by atoms with E-state index in [1.807, 2.05) is 48.5 Å². The first kappa shape index (κ1) is 24.6. The average molecular weight is 517 g/mol. The van der Waals surface area contributed by atoms with Crippen LogP contribution in [0.3, 0.4) is 0 Å². The van der Waals surface area contributed by atoms with E-state index in [1.165, 1.54) is 23.9 Å². The van der Waals surface area contributed by atoms with Gasteiger partial charge in [0.15, 0.2) is 0 Å². The summed E-state index contributed by atoms with van der Waals surface area (Å²) in [5.74, 6) is -1.35. The van der Waals surface area contributed by atoms with E-state index in [2.05, 4.69) is 5.32 Å². The maximum atomic E-state index is 13.5. The molecule has 3 aromatic rings. The molecule has 0 unspecified atom stereocenters. The number of hydrogen-bond donors (Lipinski definition) is 1. The molecule has 1 aliphatic rings. The zero-order valence-electron chi connectivity index (χ0n) is 18.4. The summed E-state index contributed by atoms with van der Waals surface area (Å²) in [6.45, 7) is 2.42. The fourth-order valence-electron chi connectivity index (χ4n) is 3.82. The van der Waals surface area contributed by atoms with E-state index < -0.39 is 17.0 Å². The second-order valence-corrected chi connectivity index (χ2v) is 10.1. The van der Waals surface area contributed by atoms with Gasteiger partial charge in [0, 0.05) is 21.5 Å². The minimum absolute atomic E-state index is 0.176. The molecule has 0 saturated carbocycles. The maximum absolute atomic E-state index is 13.5. The number of carbonyl (C=O) groups excluding carboxylic acids is 2. The molecule has 0 spiro atoms. The summed E-state index contributed by atoms with van der Waals surface area (Å²) in [5.41, 5.74) is 2.46. The Morgan fingerprint density at radius 1 is 1.12 bits per heavy atom. The van der Waals surface area contributed by atoms with Crippen LogP contribution in [0.1, 0.15) is 18.1 Å². The zero-order chi connectivity index (χ0) is 24.2. The Kier molecular flexibility index (Phi) is 7.81. The molecule has 176 valence electrons. The zero-order valence-corrected chi connectivity index (χ0v) is 20.8. The first-order valence-corrected chi connectivity index (χ1v) is 12.5. The van der Waals surface area contributed by atoms with Crippen LogP contribution >= 0.6 is 35.0 Å². The molecule has 0 radical (unpaired) electrons. The lowest BCUT2D eigenvalue weighted by Gasteiger charge is -2.36. The summed E-state index contributed by atoms with van der Waals surface area (Å²) in [6, 6.07) is 19.2. The summed E-state index contributed by atoms with van der Waals surface area (Å²) in [4.78, 5) is 29.0. The van der Waals surface area contributed by atoms with Crippen molar-refractivity contribution < 1.29 is 14.0 Å². The topological polar surface area (TPSA) is 49.4 Å². The summed E-state index contributed by atoms with van der Waals surface area (Å²) >= 11 is 13.5. The maximum Gasteiger partial charge on any atom is 0.241 e. The quantitative estimate of drug-likeness (QED) is 0.410. The minimum Gasteiger partial charge on any atom is -0.355 e. The van der Waals surface area contributed by atoms with Crippen molar-refractivity contribution in [2.45, 2.75) is 30.0 Å². The van der Waals surface area contributed by atoms with Gasteiger partial charge in [-0.05, 0) is 53.9 Å². The average Bonchev–Trinajstić information content (AvgIpc) is 2.82. The van der Waals surface area contributed by atoms with Crippen LogP contribution in [0, 0.1) is 11.7 Å². The lowest BCUT2D eigenvalue weighted by Crippen LogP contribution is -2.47. The number of anilines is 1. The van der Waals surface area contributed by atoms with Gasteiger partial charge >= 0.3 is 0 Å². The van der Waals surface area contributed by atoms with Crippen molar-refractivity contribution in [3.63, 3.8) is 0 Å². The van der Waals surface area contributed by atoms with E-state index in [-0.39, 0.29) is 23.4 Å². The number of halogens is 3. The van der Waals surface area contributed by atoms with Crippen LogP contribution in [0.2, 0.25) is 10.0 Å². The number of carbonyl (C=O) groups is 2. The summed E-state index contributed by atoms with van der Waals surface area (Å²) in [7, 11) is 0. The van der Waals surface area contributed by atoms with Crippen LogP contribution in [0.25, 0.3) is 0 Å². The number of rotatable bonds is 7. The number of thioether (sulfide) groups is 1. The van der Waals surface area contributed by atoms with Crippen molar-refractivity contribution in [1.82, 2.24) is 5.32 Å². The molecule has 2 atom stereocenters. The molecular weight excluding hydrogens is 494 g/mol. The van der Waals surface area contributed by atoms with Crippen molar-refractivity contribution in [1.29, 1.82) is 0 Å². The molecule has 1 N–H and O–H groups in total. The Morgan fingerprint density at radius 3 is 2.59 bits per heavy atom. The number of fused-ring (bicyclic) bond motifs is 1. The third-order valence-corrected chi connectivity index (χ3v) is 7.82. The molecule has 34 heavy (non-hydrogen) atoms. The van der Waals surface area contributed by atoms with Crippen LogP contribution < -0.4 is 10.2 Å². The molecule has 4 rings (SSSR count). The van der Waals surface area contributed by atoms with E-state index in [0.29, 0.717) is 23.6 Å². The summed E-state index contributed by atoms with van der Waals surface area (Å²) in [5, 5.41) is 3.28. The van der Waals surface area contributed by atoms with Gasteiger partial charge in [0.05, 0.1) is 18.2 Å². The highest BCUT2D eigenvalue weighted by atomic mass is 35.5. The molecule has 2 amide bonds. The Morgan fingerprint density at radius 2 is 1.85 bits per heavy atom. The number of para-hydroxylation sites is 1. The number of hydrogen-bond acceptors (Lipinski definition) is 3. The molecule has 0 fully saturated rings. The van der Waals surface area contributed by atoms with Crippen molar-refractivity contribution in [3.05, 3.63) is 93.7 Å². The lowest BCUT2D eigenvalue weighted by molar-refractivity contribution is -0.128. The van der Waals surface area contributed by atoms with Crippen molar-refractivity contribution in [2.75, 3.05) is 11.4 Å². The molecule has 1 aliphatic heterocycles. The molecule has 0 aliphatic carbocycles. The van der Waals surface area contributed by atoms with Crippen LogP contribution in [0.5, 0.6) is 0 Å². The predicted molar refractivity (Wildman–Crippen MR) is 136 cm³/mol. The van der Waals surface area contributed by atoms with Gasteiger partial charge < -0.3 is 10.2 Å². The Bertz CT molecular complexity index is 1210. The van der Waals surface area contributed by atoms with Crippen LogP contribution in [0.15, 0.2) is 71.6 Å². The van der Waals surface area contributed by atoms with Gasteiger partial charge in [-0.3, -0.25) is 9.59 Å². The van der Waals surface area contributed by atoms with E-state index in [9.17, 15) is 14.0 Å². The molecule has 8 heteroatoms. The van der Waals surface area contributed by atoms with Crippen molar-refractivity contribution in [2.24, 2.45) is 5.92 Å². The van der Waals surface area contributed by atoms with Gasteiger partial charge in [0.1, 0.15) is 11.1 Å². The van der Waals surface area contributed by atoms with Gasteiger partial charge in [-0.15, -0.1) is 11.8 Å². The number of nitrogens with zero attached hydrogens (tertiary/aromatic N) is 1. The molecule has 4 nitrogen and oxygen atoms in total. The fourth-order valence-corrected chi connectivity index (χ4v) is 5.46. The Balaban J connectivity index is 1.48. The normalized spacial score (nSPS) is 16.2. The minimum atomic E-state index is -0.593. The monoisotopic (exact) mass is 516 g/mol. The van der Waals surface area contributed by atoms with E-state index in [0.717, 1.165) is 16.1 Å². The number of amides is 2. The molecular formula is C26H23Cl2FN2O2S. The summed E-state index contributed by atoms with van der Waals surface area (Å²) < 4.78 is 13.5. The highest BCUT2D eigenvalue weighted by Crippen LogP contribution is 2.42. The Labute approximate surface area is 212 Å². The second kappa shape index (κ2) is 10.8. The molecule has 0 aromatic heterocycles. The van der Waals surface area contributed by atoms with Gasteiger partial charge in [-0.25, -0.2) is 4.39 Å². The highest BCUT2D eigenvalue weighted by Gasteiger charge is 2.39. The molecule has 1 heterocycles. The van der Waals surface area contributed by atoms with Crippen LogP contribution in [-0.2, 0) is 22.6 Å². The fraction of sp³-hybridized carbons (Fsp3) is 0.231. The van der Waals surface area contributed by atoms with Crippen LogP contribution in [-0.4, -0.2) is 23.6 Å². The van der Waals surface area contributed by atoms with E-state index in [4.69, 9.17) is 23.2 Å². The number of nitrogens with one attached hydrogen (secondary N) is 1. The first-order chi connectivity index (χ1) is 16.3. The first-order valence-electron chi connectivity index (χ1n) is 10.9. The smallest absolute Gasteiger partial charge is 0.241 e. The van der Waals surface area contributed by atoms with Gasteiger partial charge in [0.2, 0.25) is 11.8 Å². The second-order valence-electron chi connectivity index (χ2n) is 8.12. The lowest BCUT2D eigenvalue weighted by atomic mass is 10.0. The standard InChI is InChI=1S/C26H23Cl2FN2O2S/c1-16(25(32)30-13-12-17-6-9-19(27)10-7-17)24-26(33)31(22-4-2-3-5-23(22)34-24)15-18-8-11-20(29)14-21(18)28/h2-11,14,16,24H,12-13,15H2,1H3,(H,30,32)/t16-,24-/m1/s1. The van der Waals surface area contributed by atoms with Gasteiger partial charge in [0.25, 0.3) is 0 Å². The predicted octanol–water partition coefficient (Wildman–Crippen LogP) is 6.14. The third kappa shape index (κ3) is 5.57. The third-order valence-electron chi connectivity index (χ3n) is 5.76. The van der Waals surface area contributed by atoms with Crippen LogP contribution in [0.4, 0.5) is 10.1 Å². The number of benzene rings is 3. The molecule has 3 aromatic carbocycles. The molecule has 0 bridgehead atoms. The van der Waals surface area contributed by atoms with Crippen molar-refractivity contribution in [3.8, 4) is 0 Å². The largest absolute Gasteiger partial charge is 0.355 e. The SMILES string of the molecule is C[C@@H](C(=O)NCCc1ccc(Cl)cc1)[C@H]1Sc2ccccc2N(Cc2ccc(F)cc2Cl)C1=O. The Hall–Kier alpha value is -2.54. The van der Waals surface area contributed by atoms with E-state index >= 15 is 0 Å². The molecule has 0 saturated heterocycles. The highest BCUT2D eigenvalue weighted by molar-refractivity contribution is 8.01. The van der Waals surface area contributed by atoms with Gasteiger partial charge in [-0.1, -0.05) is 60.5 Å². The van der Waals surface area contributed by atoms with Gasteiger partial charge in [-0.2, -0.15) is 0 Å². The summed E-state index contributed by atoms with van der Waals surface area (Å²) in [6.07, 6.45) is 0.666.